The van der Waals surface area contributed by atoms with Crippen LogP contribution in [0.25, 0.3) is 0 Å². The zero-order valence-electron chi connectivity index (χ0n) is 11.5. The molecule has 0 saturated carbocycles. The smallest absolute Gasteiger partial charge is 0.329 e. The number of rotatable bonds is 4. The molecule has 0 aromatic carbocycles. The largest absolute Gasteiger partial charge is 0.467 e. The highest BCUT2D eigenvalue weighted by atomic mass is 16.5. The summed E-state index contributed by atoms with van der Waals surface area (Å²) in [4.78, 5) is 24.9. The number of morpholine rings is 1. The molecule has 0 aromatic heterocycles. The van der Waals surface area contributed by atoms with Crippen molar-refractivity contribution in [3.05, 3.63) is 0 Å². The summed E-state index contributed by atoms with van der Waals surface area (Å²) in [6.45, 7) is 7.91. The van der Waals surface area contributed by atoms with E-state index in [0.29, 0.717) is 19.8 Å². The van der Waals surface area contributed by atoms with Crippen LogP contribution in [0.3, 0.4) is 0 Å². The van der Waals surface area contributed by atoms with E-state index >= 15 is 0 Å². The lowest BCUT2D eigenvalue weighted by molar-refractivity contribution is -0.147. The van der Waals surface area contributed by atoms with E-state index in [0.717, 1.165) is 6.54 Å². The first kappa shape index (κ1) is 14.9. The highest BCUT2D eigenvalue weighted by Crippen LogP contribution is 2.19. The quantitative estimate of drug-likeness (QED) is 0.706. The lowest BCUT2D eigenvalue weighted by Crippen LogP contribution is -2.58. The number of hydrogen-bond acceptors (Lipinski definition) is 5. The molecule has 0 bridgehead atoms. The van der Waals surface area contributed by atoms with Crippen molar-refractivity contribution in [1.29, 1.82) is 0 Å². The zero-order valence-corrected chi connectivity index (χ0v) is 11.5. The summed E-state index contributed by atoms with van der Waals surface area (Å²) in [7, 11) is 1.32. The Morgan fingerprint density at radius 2 is 2.17 bits per heavy atom. The van der Waals surface area contributed by atoms with Gasteiger partial charge in [-0.1, -0.05) is 0 Å². The van der Waals surface area contributed by atoms with E-state index in [-0.39, 0.29) is 11.4 Å². The molecule has 104 valence electrons. The average Bonchev–Trinajstić information content (AvgIpc) is 2.29. The predicted octanol–water partition coefficient (Wildman–Crippen LogP) is -0.225. The maximum absolute atomic E-state index is 11.6. The number of esters is 1. The van der Waals surface area contributed by atoms with Crippen molar-refractivity contribution in [3.8, 4) is 0 Å². The summed E-state index contributed by atoms with van der Waals surface area (Å²) >= 11 is 0. The summed E-state index contributed by atoms with van der Waals surface area (Å²) in [5, 5.41) is 2.62. The van der Waals surface area contributed by atoms with Crippen LogP contribution in [0.4, 0.5) is 0 Å². The van der Waals surface area contributed by atoms with E-state index in [4.69, 9.17) is 9.47 Å². The van der Waals surface area contributed by atoms with Gasteiger partial charge in [-0.3, -0.25) is 9.69 Å². The number of ether oxygens (including phenoxy) is 2. The van der Waals surface area contributed by atoms with E-state index < -0.39 is 12.0 Å². The lowest BCUT2D eigenvalue weighted by Gasteiger charge is -2.43. The molecule has 1 amide bonds. The van der Waals surface area contributed by atoms with Crippen LogP contribution in [-0.2, 0) is 19.1 Å². The van der Waals surface area contributed by atoms with Gasteiger partial charge in [-0.05, 0) is 13.8 Å². The first-order valence-corrected chi connectivity index (χ1v) is 6.04. The SMILES string of the molecule is COC(=O)C(CN1CCOCC1(C)C)NC(C)=O. The van der Waals surface area contributed by atoms with Crippen LogP contribution in [0.1, 0.15) is 20.8 Å². The van der Waals surface area contributed by atoms with Gasteiger partial charge in [-0.25, -0.2) is 4.79 Å². The van der Waals surface area contributed by atoms with Crippen molar-refractivity contribution in [3.63, 3.8) is 0 Å². The van der Waals surface area contributed by atoms with Crippen LogP contribution >= 0.6 is 0 Å². The minimum Gasteiger partial charge on any atom is -0.467 e. The first-order chi connectivity index (χ1) is 8.36. The van der Waals surface area contributed by atoms with Crippen molar-refractivity contribution < 1.29 is 19.1 Å². The third kappa shape index (κ3) is 3.96. The van der Waals surface area contributed by atoms with Crippen molar-refractivity contribution in [1.82, 2.24) is 10.2 Å². The van der Waals surface area contributed by atoms with Gasteiger partial charge in [0.1, 0.15) is 6.04 Å². The fourth-order valence-electron chi connectivity index (χ4n) is 2.02. The lowest BCUT2D eigenvalue weighted by atomic mass is 10.0. The molecule has 1 aliphatic heterocycles. The molecule has 1 rings (SSSR count). The van der Waals surface area contributed by atoms with Gasteiger partial charge in [0.25, 0.3) is 0 Å². The number of nitrogens with one attached hydrogen (secondary N) is 1. The molecule has 1 atom stereocenters. The fourth-order valence-corrected chi connectivity index (χ4v) is 2.02. The van der Waals surface area contributed by atoms with Gasteiger partial charge in [-0.2, -0.15) is 0 Å². The Hall–Kier alpha value is -1.14. The van der Waals surface area contributed by atoms with Gasteiger partial charge in [0.05, 0.1) is 20.3 Å². The molecule has 6 nitrogen and oxygen atoms in total. The van der Waals surface area contributed by atoms with E-state index in [9.17, 15) is 9.59 Å². The first-order valence-electron chi connectivity index (χ1n) is 6.04. The Balaban J connectivity index is 2.69. The van der Waals surface area contributed by atoms with Crippen LogP contribution in [-0.4, -0.2) is 61.8 Å². The molecule has 1 fully saturated rings. The zero-order chi connectivity index (χ0) is 13.8. The van der Waals surface area contributed by atoms with Crippen molar-refractivity contribution in [2.45, 2.75) is 32.4 Å². The maximum atomic E-state index is 11.6. The molecule has 1 heterocycles. The molecule has 1 unspecified atom stereocenters. The minimum atomic E-state index is -0.634. The van der Waals surface area contributed by atoms with Gasteiger partial charge < -0.3 is 14.8 Å². The Morgan fingerprint density at radius 1 is 1.50 bits per heavy atom. The molecular weight excluding hydrogens is 236 g/mol. The molecule has 0 spiro atoms. The molecule has 1 N–H and O–H groups in total. The van der Waals surface area contributed by atoms with Crippen LogP contribution in [0, 0.1) is 0 Å². The van der Waals surface area contributed by atoms with Gasteiger partial charge in [0.2, 0.25) is 5.91 Å². The predicted molar refractivity (Wildman–Crippen MR) is 66.1 cm³/mol. The Kier molecular flexibility index (Phi) is 5.10. The van der Waals surface area contributed by atoms with Gasteiger partial charge in [-0.15, -0.1) is 0 Å². The molecule has 0 aromatic rings. The van der Waals surface area contributed by atoms with Crippen molar-refractivity contribution in [2.75, 3.05) is 33.4 Å². The summed E-state index contributed by atoms with van der Waals surface area (Å²) in [5.41, 5.74) is -0.150. The van der Waals surface area contributed by atoms with Crippen LogP contribution in [0.5, 0.6) is 0 Å². The summed E-state index contributed by atoms with van der Waals surface area (Å²) in [6.07, 6.45) is 0. The van der Waals surface area contributed by atoms with Crippen LogP contribution in [0.15, 0.2) is 0 Å². The third-order valence-corrected chi connectivity index (χ3v) is 3.08. The Labute approximate surface area is 108 Å². The summed E-state index contributed by atoms with van der Waals surface area (Å²) in [6, 6.07) is -0.634. The second kappa shape index (κ2) is 6.15. The number of carbonyl (C=O) groups excluding carboxylic acids is 2. The second-order valence-corrected chi connectivity index (χ2v) is 5.09. The number of methoxy groups -OCH3 is 1. The van der Waals surface area contributed by atoms with Crippen molar-refractivity contribution >= 4 is 11.9 Å². The topological polar surface area (TPSA) is 67.9 Å². The normalized spacial score (nSPS) is 21.1. The number of amides is 1. The molecule has 1 aliphatic rings. The van der Waals surface area contributed by atoms with E-state index in [2.05, 4.69) is 10.2 Å². The second-order valence-electron chi connectivity index (χ2n) is 5.09. The van der Waals surface area contributed by atoms with Crippen LogP contribution in [0.2, 0.25) is 0 Å². The molecule has 0 aliphatic carbocycles. The number of hydrogen-bond donors (Lipinski definition) is 1. The number of nitrogens with zero attached hydrogens (tertiary/aromatic N) is 1. The van der Waals surface area contributed by atoms with E-state index in [1.807, 2.05) is 13.8 Å². The molecule has 18 heavy (non-hydrogen) atoms. The van der Waals surface area contributed by atoms with Crippen LogP contribution < -0.4 is 5.32 Å². The molecular formula is C12H22N2O4. The summed E-state index contributed by atoms with van der Waals surface area (Å²) in [5.74, 6) is -0.663. The summed E-state index contributed by atoms with van der Waals surface area (Å²) < 4.78 is 10.1. The van der Waals surface area contributed by atoms with Gasteiger partial charge >= 0.3 is 5.97 Å². The maximum Gasteiger partial charge on any atom is 0.329 e. The van der Waals surface area contributed by atoms with Crippen molar-refractivity contribution in [2.24, 2.45) is 0 Å². The third-order valence-electron chi connectivity index (χ3n) is 3.08. The van der Waals surface area contributed by atoms with E-state index in [1.165, 1.54) is 14.0 Å². The fraction of sp³-hybridized carbons (Fsp3) is 0.833. The Bertz CT molecular complexity index is 317. The minimum absolute atomic E-state index is 0.150. The molecule has 1 saturated heterocycles. The standard InChI is InChI=1S/C12H22N2O4/c1-9(15)13-10(11(16)17-4)7-14-5-6-18-8-12(14,2)3/h10H,5-8H2,1-4H3,(H,13,15). The molecule has 6 heteroatoms. The Morgan fingerprint density at radius 3 is 2.67 bits per heavy atom. The van der Waals surface area contributed by atoms with Gasteiger partial charge in [0, 0.05) is 25.6 Å². The number of carbonyl (C=O) groups is 2. The average molecular weight is 258 g/mol. The highest BCUT2D eigenvalue weighted by Gasteiger charge is 2.34. The highest BCUT2D eigenvalue weighted by molar-refractivity contribution is 5.83. The molecule has 0 radical (unpaired) electrons. The van der Waals surface area contributed by atoms with Gasteiger partial charge in [0.15, 0.2) is 0 Å². The van der Waals surface area contributed by atoms with E-state index in [1.54, 1.807) is 0 Å². The monoisotopic (exact) mass is 258 g/mol.